The first-order chi connectivity index (χ1) is 10.2. The Hall–Kier alpha value is -1.39. The Balaban J connectivity index is 1.86. The van der Waals surface area contributed by atoms with Crippen molar-refractivity contribution >= 4 is 5.97 Å². The van der Waals surface area contributed by atoms with Crippen LogP contribution in [0.15, 0.2) is 30.3 Å². The smallest absolute Gasteiger partial charge is 0.343 e. The van der Waals surface area contributed by atoms with Gasteiger partial charge in [-0.3, -0.25) is 0 Å². The van der Waals surface area contributed by atoms with Gasteiger partial charge in [-0.25, -0.2) is 4.79 Å². The standard InChI is InChI=1S/C17H23NO3/c19-16(21-15-10-11-18-12-15)17(20,14-8-4-5-9-14)13-6-2-1-3-7-13/h1-3,6-7,14-15,18,20H,4-5,8-12H2/t15?,17-/m0/s1. The number of carbonyl (C=O) groups excluding carboxylic acids is 1. The summed E-state index contributed by atoms with van der Waals surface area (Å²) in [7, 11) is 0. The van der Waals surface area contributed by atoms with Crippen LogP contribution in [0.3, 0.4) is 0 Å². The lowest BCUT2D eigenvalue weighted by Crippen LogP contribution is -2.45. The zero-order chi connectivity index (χ0) is 14.7. The molecule has 0 amide bonds. The molecule has 0 spiro atoms. The molecule has 114 valence electrons. The summed E-state index contributed by atoms with van der Waals surface area (Å²) in [6.45, 7) is 1.55. The normalized spacial score (nSPS) is 25.7. The number of rotatable bonds is 4. The van der Waals surface area contributed by atoms with Gasteiger partial charge in [0.05, 0.1) is 0 Å². The van der Waals surface area contributed by atoms with Gasteiger partial charge in [0, 0.05) is 12.5 Å². The van der Waals surface area contributed by atoms with Crippen molar-refractivity contribution < 1.29 is 14.6 Å². The summed E-state index contributed by atoms with van der Waals surface area (Å²) in [6, 6.07) is 9.27. The van der Waals surface area contributed by atoms with Gasteiger partial charge < -0.3 is 15.2 Å². The van der Waals surface area contributed by atoms with E-state index < -0.39 is 11.6 Å². The summed E-state index contributed by atoms with van der Waals surface area (Å²) in [4.78, 5) is 12.7. The number of hydrogen-bond donors (Lipinski definition) is 2. The minimum absolute atomic E-state index is 0.0400. The molecule has 1 saturated carbocycles. The van der Waals surface area contributed by atoms with Gasteiger partial charge >= 0.3 is 5.97 Å². The quantitative estimate of drug-likeness (QED) is 0.832. The van der Waals surface area contributed by atoms with Crippen molar-refractivity contribution in [1.29, 1.82) is 0 Å². The highest BCUT2D eigenvalue weighted by Crippen LogP contribution is 2.41. The molecule has 0 bridgehead atoms. The molecule has 21 heavy (non-hydrogen) atoms. The highest BCUT2D eigenvalue weighted by molar-refractivity contribution is 5.81. The zero-order valence-electron chi connectivity index (χ0n) is 12.3. The fraction of sp³-hybridized carbons (Fsp3) is 0.588. The molecule has 1 heterocycles. The van der Waals surface area contributed by atoms with Gasteiger partial charge in [0.25, 0.3) is 0 Å². The Kier molecular flexibility index (Phi) is 4.27. The lowest BCUT2D eigenvalue weighted by Gasteiger charge is -2.33. The van der Waals surface area contributed by atoms with Crippen molar-refractivity contribution in [2.24, 2.45) is 5.92 Å². The van der Waals surface area contributed by atoms with Gasteiger partial charge in [0.2, 0.25) is 0 Å². The van der Waals surface area contributed by atoms with E-state index in [9.17, 15) is 9.90 Å². The van der Waals surface area contributed by atoms with Gasteiger partial charge in [-0.1, -0.05) is 43.2 Å². The summed E-state index contributed by atoms with van der Waals surface area (Å²) in [6.07, 6.45) is 4.60. The van der Waals surface area contributed by atoms with Crippen LogP contribution in [0, 0.1) is 5.92 Å². The first-order valence-electron chi connectivity index (χ1n) is 7.91. The second-order valence-corrected chi connectivity index (χ2v) is 6.13. The van der Waals surface area contributed by atoms with E-state index in [4.69, 9.17) is 4.74 Å². The molecule has 1 saturated heterocycles. The second kappa shape index (κ2) is 6.16. The van der Waals surface area contributed by atoms with Crippen molar-refractivity contribution in [3.63, 3.8) is 0 Å². The van der Waals surface area contributed by atoms with E-state index in [0.717, 1.165) is 38.6 Å². The highest BCUT2D eigenvalue weighted by atomic mass is 16.6. The zero-order valence-corrected chi connectivity index (χ0v) is 12.3. The molecule has 1 aliphatic heterocycles. The number of benzene rings is 1. The highest BCUT2D eigenvalue weighted by Gasteiger charge is 2.48. The molecule has 4 heteroatoms. The first kappa shape index (κ1) is 14.5. The lowest BCUT2D eigenvalue weighted by molar-refractivity contribution is -0.178. The van der Waals surface area contributed by atoms with E-state index in [1.807, 2.05) is 30.3 Å². The molecule has 2 N–H and O–H groups in total. The molecule has 0 radical (unpaired) electrons. The Labute approximate surface area is 125 Å². The van der Waals surface area contributed by atoms with Crippen LogP contribution >= 0.6 is 0 Å². The molecule has 1 aliphatic carbocycles. The molecule has 2 fully saturated rings. The van der Waals surface area contributed by atoms with Gasteiger partial charge in [0.15, 0.2) is 5.60 Å². The van der Waals surface area contributed by atoms with Gasteiger partial charge in [-0.2, -0.15) is 0 Å². The average Bonchev–Trinajstić information content (AvgIpc) is 3.20. The van der Waals surface area contributed by atoms with E-state index in [1.165, 1.54) is 0 Å². The third kappa shape index (κ3) is 2.83. The number of nitrogens with one attached hydrogen (secondary N) is 1. The molecule has 2 atom stereocenters. The summed E-state index contributed by atoms with van der Waals surface area (Å²) in [5.74, 6) is -0.518. The third-order valence-electron chi connectivity index (χ3n) is 4.76. The number of aliphatic hydroxyl groups is 1. The SMILES string of the molecule is O=C(OC1CCNC1)[C@](O)(c1ccccc1)C1CCCC1. The van der Waals surface area contributed by atoms with Crippen molar-refractivity contribution in [3.8, 4) is 0 Å². The maximum Gasteiger partial charge on any atom is 0.343 e. The molecule has 0 aromatic heterocycles. The summed E-state index contributed by atoms with van der Waals surface area (Å²) in [5, 5.41) is 14.4. The Morgan fingerprint density at radius 2 is 1.90 bits per heavy atom. The third-order valence-corrected chi connectivity index (χ3v) is 4.76. The van der Waals surface area contributed by atoms with Crippen LogP contribution in [0.5, 0.6) is 0 Å². The van der Waals surface area contributed by atoms with Crippen LogP contribution in [0.2, 0.25) is 0 Å². The Morgan fingerprint density at radius 3 is 2.52 bits per heavy atom. The van der Waals surface area contributed by atoms with Gasteiger partial charge in [-0.15, -0.1) is 0 Å². The number of carbonyl (C=O) groups is 1. The summed E-state index contributed by atoms with van der Waals surface area (Å²) >= 11 is 0. The molecule has 1 unspecified atom stereocenters. The van der Waals surface area contributed by atoms with Crippen LogP contribution in [0.1, 0.15) is 37.7 Å². The predicted octanol–water partition coefficient (Wildman–Crippen LogP) is 1.97. The topological polar surface area (TPSA) is 58.6 Å². The van der Waals surface area contributed by atoms with E-state index in [-0.39, 0.29) is 12.0 Å². The summed E-state index contributed by atoms with van der Waals surface area (Å²) < 4.78 is 5.59. The minimum atomic E-state index is -1.50. The monoisotopic (exact) mass is 289 g/mol. The number of ether oxygens (including phenoxy) is 1. The van der Waals surface area contributed by atoms with Crippen LogP contribution < -0.4 is 5.32 Å². The predicted molar refractivity (Wildman–Crippen MR) is 79.7 cm³/mol. The fourth-order valence-corrected chi connectivity index (χ4v) is 3.53. The van der Waals surface area contributed by atoms with Crippen LogP contribution in [-0.4, -0.2) is 30.3 Å². The molecule has 4 nitrogen and oxygen atoms in total. The number of hydrogen-bond acceptors (Lipinski definition) is 4. The molecule has 2 aliphatic rings. The maximum atomic E-state index is 12.7. The minimum Gasteiger partial charge on any atom is -0.459 e. The maximum absolute atomic E-state index is 12.7. The molecule has 3 rings (SSSR count). The largest absolute Gasteiger partial charge is 0.459 e. The van der Waals surface area contributed by atoms with Gasteiger partial charge in [-0.05, 0) is 31.4 Å². The number of esters is 1. The van der Waals surface area contributed by atoms with Crippen molar-refractivity contribution in [1.82, 2.24) is 5.32 Å². The van der Waals surface area contributed by atoms with Crippen LogP contribution in [0.4, 0.5) is 0 Å². The molecular weight excluding hydrogens is 266 g/mol. The van der Waals surface area contributed by atoms with E-state index >= 15 is 0 Å². The first-order valence-corrected chi connectivity index (χ1v) is 7.91. The van der Waals surface area contributed by atoms with Crippen LogP contribution in [-0.2, 0) is 15.1 Å². The van der Waals surface area contributed by atoms with Crippen molar-refractivity contribution in [3.05, 3.63) is 35.9 Å². The van der Waals surface area contributed by atoms with E-state index in [1.54, 1.807) is 0 Å². The molecule has 1 aromatic rings. The van der Waals surface area contributed by atoms with Crippen LogP contribution in [0.25, 0.3) is 0 Å². The van der Waals surface area contributed by atoms with Crippen molar-refractivity contribution in [2.45, 2.75) is 43.8 Å². The molecule has 1 aromatic carbocycles. The summed E-state index contributed by atoms with van der Waals surface area (Å²) in [5.41, 5.74) is -0.840. The fourth-order valence-electron chi connectivity index (χ4n) is 3.53. The molecular formula is C17H23NO3. The Morgan fingerprint density at radius 1 is 1.19 bits per heavy atom. The average molecular weight is 289 g/mol. The van der Waals surface area contributed by atoms with Crippen molar-refractivity contribution in [2.75, 3.05) is 13.1 Å². The van der Waals surface area contributed by atoms with E-state index in [2.05, 4.69) is 5.32 Å². The van der Waals surface area contributed by atoms with Gasteiger partial charge in [0.1, 0.15) is 6.10 Å². The Bertz CT molecular complexity index is 478. The second-order valence-electron chi connectivity index (χ2n) is 6.13. The van der Waals surface area contributed by atoms with E-state index in [0.29, 0.717) is 12.1 Å². The lowest BCUT2D eigenvalue weighted by atomic mass is 9.80.